The maximum Gasteiger partial charge on any atom is 0.307 e. The van der Waals surface area contributed by atoms with Crippen LogP contribution in [-0.2, 0) is 9.59 Å². The number of anilines is 1. The van der Waals surface area contributed by atoms with Gasteiger partial charge in [0.05, 0.1) is 18.9 Å². The number of rotatable bonds is 4. The minimum Gasteiger partial charge on any atom is -0.497 e. The van der Waals surface area contributed by atoms with Gasteiger partial charge in [-0.05, 0) is 54.4 Å². The Kier molecular flexibility index (Phi) is 3.18. The number of hydrogen-bond donors (Lipinski definition) is 2. The number of carbonyl (C=O) groups excluding carboxylic acids is 1. The van der Waals surface area contributed by atoms with Crippen molar-refractivity contribution in [1.82, 2.24) is 0 Å². The van der Waals surface area contributed by atoms with Gasteiger partial charge in [-0.25, -0.2) is 0 Å². The fourth-order valence-electron chi connectivity index (χ4n) is 4.47. The Morgan fingerprint density at radius 1 is 1.09 bits per heavy atom. The van der Waals surface area contributed by atoms with Crippen molar-refractivity contribution >= 4 is 17.6 Å². The highest BCUT2D eigenvalue weighted by Gasteiger charge is 2.62. The largest absolute Gasteiger partial charge is 0.497 e. The Balaban J connectivity index is 1.56. The van der Waals surface area contributed by atoms with Crippen LogP contribution < -0.4 is 10.1 Å². The summed E-state index contributed by atoms with van der Waals surface area (Å²) in [7, 11) is 1.59. The lowest BCUT2D eigenvalue weighted by molar-refractivity contribution is -0.152. The van der Waals surface area contributed by atoms with Crippen molar-refractivity contribution < 1.29 is 19.4 Å². The van der Waals surface area contributed by atoms with Gasteiger partial charge in [-0.1, -0.05) is 12.2 Å². The Morgan fingerprint density at radius 2 is 1.70 bits per heavy atom. The van der Waals surface area contributed by atoms with Gasteiger partial charge >= 0.3 is 5.97 Å². The second-order valence-electron chi connectivity index (χ2n) is 6.71. The predicted molar refractivity (Wildman–Crippen MR) is 84.0 cm³/mol. The lowest BCUT2D eigenvalue weighted by atomic mass is 9.62. The van der Waals surface area contributed by atoms with Crippen molar-refractivity contribution in [1.29, 1.82) is 0 Å². The third kappa shape index (κ3) is 2.22. The van der Waals surface area contributed by atoms with Crippen LogP contribution in [0.25, 0.3) is 0 Å². The first-order valence-corrected chi connectivity index (χ1v) is 7.96. The molecule has 1 amide bonds. The number of amides is 1. The maximum absolute atomic E-state index is 12.8. The SMILES string of the molecule is COc1ccc(NC(=O)[C@H]2[C@H]3C=C[C@H]([C@H]4C[C@H]34)[C@@H]2C(=O)O)cc1. The van der Waals surface area contributed by atoms with Crippen LogP contribution >= 0.6 is 0 Å². The summed E-state index contributed by atoms with van der Waals surface area (Å²) in [5.74, 6) is -0.383. The number of nitrogens with one attached hydrogen (secondary N) is 1. The second-order valence-corrected chi connectivity index (χ2v) is 6.71. The van der Waals surface area contributed by atoms with E-state index >= 15 is 0 Å². The molecule has 0 saturated heterocycles. The molecule has 2 saturated carbocycles. The molecule has 2 bridgehead atoms. The van der Waals surface area contributed by atoms with Crippen molar-refractivity contribution in [3.8, 4) is 5.75 Å². The minimum atomic E-state index is -0.857. The lowest BCUT2D eigenvalue weighted by Gasteiger charge is -2.41. The predicted octanol–water partition coefficient (Wildman–Crippen LogP) is 2.40. The standard InChI is InChI=1S/C18H19NO4/c1-23-10-4-2-9(3-5-10)19-17(20)15-11-6-7-12(14-8-13(11)14)16(15)18(21)22/h2-7,11-16H,8H2,1H3,(H,19,20)(H,21,22)/t11-,12+,13+,14+,15-,16-/m0/s1. The Labute approximate surface area is 134 Å². The summed E-state index contributed by atoms with van der Waals surface area (Å²) in [6, 6.07) is 7.08. The van der Waals surface area contributed by atoms with E-state index in [2.05, 4.69) is 11.4 Å². The molecular weight excluding hydrogens is 294 g/mol. The molecular formula is C18H19NO4. The molecule has 4 aliphatic carbocycles. The highest BCUT2D eigenvalue weighted by atomic mass is 16.5. The van der Waals surface area contributed by atoms with Crippen LogP contribution in [0.4, 0.5) is 5.69 Å². The molecule has 0 radical (unpaired) electrons. The number of hydrogen-bond acceptors (Lipinski definition) is 3. The van der Waals surface area contributed by atoms with E-state index in [4.69, 9.17) is 4.74 Å². The smallest absolute Gasteiger partial charge is 0.307 e. The summed E-state index contributed by atoms with van der Waals surface area (Å²) in [4.78, 5) is 24.5. The van der Waals surface area contributed by atoms with Crippen molar-refractivity contribution in [2.45, 2.75) is 6.42 Å². The topological polar surface area (TPSA) is 75.6 Å². The average molecular weight is 313 g/mol. The van der Waals surface area contributed by atoms with Crippen molar-refractivity contribution in [2.24, 2.45) is 35.5 Å². The van der Waals surface area contributed by atoms with Crippen molar-refractivity contribution in [2.75, 3.05) is 12.4 Å². The van der Waals surface area contributed by atoms with Crippen LogP contribution in [0.5, 0.6) is 5.75 Å². The van der Waals surface area contributed by atoms with Crippen LogP contribution in [0, 0.1) is 35.5 Å². The molecule has 1 aromatic rings. The van der Waals surface area contributed by atoms with E-state index in [9.17, 15) is 14.7 Å². The van der Waals surface area contributed by atoms with E-state index in [1.165, 1.54) is 0 Å². The molecule has 5 heteroatoms. The molecule has 0 spiro atoms. The third-order valence-electron chi connectivity index (χ3n) is 5.60. The Bertz CT molecular complexity index is 681. The van der Waals surface area contributed by atoms with Gasteiger partial charge in [0.25, 0.3) is 0 Å². The molecule has 0 aromatic heterocycles. The van der Waals surface area contributed by atoms with Crippen molar-refractivity contribution in [3.05, 3.63) is 36.4 Å². The number of benzene rings is 1. The fourth-order valence-corrected chi connectivity index (χ4v) is 4.47. The average Bonchev–Trinajstić information content (AvgIpc) is 3.37. The summed E-state index contributed by atoms with van der Waals surface area (Å²) in [6.45, 7) is 0. The molecule has 120 valence electrons. The highest BCUT2D eigenvalue weighted by Crippen LogP contribution is 2.63. The maximum atomic E-state index is 12.8. The molecule has 5 nitrogen and oxygen atoms in total. The van der Waals surface area contributed by atoms with E-state index in [1.807, 2.05) is 6.08 Å². The second kappa shape index (κ2) is 5.11. The van der Waals surface area contributed by atoms with E-state index in [0.29, 0.717) is 23.3 Å². The summed E-state index contributed by atoms with van der Waals surface area (Å²) < 4.78 is 5.10. The van der Waals surface area contributed by atoms with Gasteiger partial charge in [0.1, 0.15) is 5.75 Å². The van der Waals surface area contributed by atoms with Crippen LogP contribution in [-0.4, -0.2) is 24.1 Å². The molecule has 1 aromatic carbocycles. The van der Waals surface area contributed by atoms with Crippen molar-refractivity contribution in [3.63, 3.8) is 0 Å². The van der Waals surface area contributed by atoms with E-state index in [-0.39, 0.29) is 17.7 Å². The molecule has 0 heterocycles. The number of carboxylic acids is 1. The molecule has 0 aliphatic heterocycles. The number of allylic oxidation sites excluding steroid dienone is 2. The number of methoxy groups -OCH3 is 1. The zero-order chi connectivity index (χ0) is 16.1. The van der Waals surface area contributed by atoms with Crippen LogP contribution in [0.1, 0.15) is 6.42 Å². The van der Waals surface area contributed by atoms with E-state index in [0.717, 1.165) is 6.42 Å². The number of carboxylic acid groups (broad SMARTS) is 1. The van der Waals surface area contributed by atoms with Crippen LogP contribution in [0.3, 0.4) is 0 Å². The highest BCUT2D eigenvalue weighted by molar-refractivity contribution is 5.96. The van der Waals surface area contributed by atoms with Gasteiger partial charge in [-0.15, -0.1) is 0 Å². The van der Waals surface area contributed by atoms with Crippen LogP contribution in [0.2, 0.25) is 0 Å². The summed E-state index contributed by atoms with van der Waals surface area (Å²) in [5.41, 5.74) is 0.665. The molecule has 2 fully saturated rings. The molecule has 0 unspecified atom stereocenters. The first-order chi connectivity index (χ1) is 11.1. The first kappa shape index (κ1) is 14.3. The lowest BCUT2D eigenvalue weighted by Crippen LogP contribution is -2.48. The number of aliphatic carboxylic acids is 1. The number of carbonyl (C=O) groups is 2. The van der Waals surface area contributed by atoms with Crippen LogP contribution in [0.15, 0.2) is 36.4 Å². The molecule has 6 atom stereocenters. The monoisotopic (exact) mass is 313 g/mol. The quantitative estimate of drug-likeness (QED) is 0.837. The van der Waals surface area contributed by atoms with Gasteiger partial charge in [-0.2, -0.15) is 0 Å². The van der Waals surface area contributed by atoms with Gasteiger partial charge < -0.3 is 15.2 Å². The van der Waals surface area contributed by atoms with E-state index in [1.54, 1.807) is 31.4 Å². The zero-order valence-corrected chi connectivity index (χ0v) is 12.8. The van der Waals surface area contributed by atoms with Gasteiger partial charge in [0.2, 0.25) is 5.91 Å². The molecule has 2 N–H and O–H groups in total. The summed E-state index contributed by atoms with van der Waals surface area (Å²) in [6.07, 6.45) is 5.14. The zero-order valence-electron chi connectivity index (χ0n) is 12.8. The number of fused-ring (bicyclic) bond motifs is 1. The van der Waals surface area contributed by atoms with Gasteiger partial charge in [0.15, 0.2) is 0 Å². The molecule has 4 aliphatic rings. The number of ether oxygens (including phenoxy) is 1. The first-order valence-electron chi connectivity index (χ1n) is 7.96. The minimum absolute atomic E-state index is 0.00844. The van der Waals surface area contributed by atoms with Gasteiger partial charge in [0, 0.05) is 5.69 Å². The van der Waals surface area contributed by atoms with E-state index < -0.39 is 17.8 Å². The Morgan fingerprint density at radius 3 is 2.26 bits per heavy atom. The molecule has 5 rings (SSSR count). The normalized spacial score (nSPS) is 36.2. The molecule has 23 heavy (non-hydrogen) atoms. The fraction of sp³-hybridized carbons (Fsp3) is 0.444. The Hall–Kier alpha value is -2.30. The van der Waals surface area contributed by atoms with Gasteiger partial charge in [-0.3, -0.25) is 9.59 Å². The summed E-state index contributed by atoms with van der Waals surface area (Å²) in [5, 5.41) is 12.5. The summed E-state index contributed by atoms with van der Waals surface area (Å²) >= 11 is 0. The third-order valence-corrected chi connectivity index (χ3v) is 5.60.